The number of ketones is 1. The highest BCUT2D eigenvalue weighted by molar-refractivity contribution is 5.96. The zero-order valence-electron chi connectivity index (χ0n) is 12.3. The van der Waals surface area contributed by atoms with Crippen LogP contribution in [0.4, 0.5) is 13.2 Å². The van der Waals surface area contributed by atoms with Gasteiger partial charge in [-0.1, -0.05) is 18.2 Å². The second-order valence-corrected chi connectivity index (χ2v) is 5.62. The van der Waals surface area contributed by atoms with E-state index in [-0.39, 0.29) is 24.0 Å². The molecule has 1 fully saturated rings. The maximum absolute atomic E-state index is 13.0. The molecular formula is C16H18F3NO2. The Bertz CT molecular complexity index is 561. The number of carbonyl (C=O) groups excluding carboxylic acids is 2. The van der Waals surface area contributed by atoms with Crippen molar-refractivity contribution in [3.8, 4) is 0 Å². The van der Waals surface area contributed by atoms with Gasteiger partial charge in [0.1, 0.15) is 5.78 Å². The van der Waals surface area contributed by atoms with E-state index in [9.17, 15) is 22.8 Å². The first-order valence-electron chi connectivity index (χ1n) is 7.22. The van der Waals surface area contributed by atoms with Gasteiger partial charge in [-0.25, -0.2) is 0 Å². The van der Waals surface area contributed by atoms with Crippen LogP contribution in [0, 0.1) is 0 Å². The molecule has 1 aromatic rings. The third-order valence-corrected chi connectivity index (χ3v) is 3.95. The smallest absolute Gasteiger partial charge is 0.342 e. The molecule has 0 aliphatic carbocycles. The Hall–Kier alpha value is -1.85. The lowest BCUT2D eigenvalue weighted by Gasteiger charge is -2.33. The Balaban J connectivity index is 2.07. The molecule has 22 heavy (non-hydrogen) atoms. The molecule has 0 saturated carbocycles. The van der Waals surface area contributed by atoms with Gasteiger partial charge < -0.3 is 4.90 Å². The molecule has 0 atom stereocenters. The van der Waals surface area contributed by atoms with Crippen LogP contribution in [0.1, 0.15) is 43.2 Å². The molecule has 0 spiro atoms. The van der Waals surface area contributed by atoms with E-state index in [0.717, 1.165) is 6.07 Å². The summed E-state index contributed by atoms with van der Waals surface area (Å²) in [5.41, 5.74) is -0.294. The summed E-state index contributed by atoms with van der Waals surface area (Å²) in [6.45, 7) is 2.14. The number of halogens is 3. The predicted octanol–water partition coefficient (Wildman–Crippen LogP) is 3.39. The molecule has 1 amide bonds. The minimum atomic E-state index is -4.36. The number of hydrogen-bond acceptors (Lipinski definition) is 2. The first-order chi connectivity index (χ1) is 10.3. The summed E-state index contributed by atoms with van der Waals surface area (Å²) >= 11 is 0. The van der Waals surface area contributed by atoms with Crippen LogP contribution in [0.2, 0.25) is 0 Å². The molecule has 0 radical (unpaired) electrons. The largest absolute Gasteiger partial charge is 0.416 e. The summed E-state index contributed by atoms with van der Waals surface area (Å²) in [5.74, 6) is -0.649. The van der Waals surface area contributed by atoms with Crippen molar-refractivity contribution in [3.05, 3.63) is 35.4 Å². The monoisotopic (exact) mass is 313 g/mol. The summed E-state index contributed by atoms with van der Waals surface area (Å²) in [5, 5.41) is 0. The van der Waals surface area contributed by atoms with Gasteiger partial charge in [-0.15, -0.1) is 0 Å². The number of hydrogen-bond donors (Lipinski definition) is 0. The van der Waals surface area contributed by atoms with Crippen LogP contribution >= 0.6 is 0 Å². The number of likely N-dealkylation sites (tertiary alicyclic amines) is 1. The molecule has 0 bridgehead atoms. The average molecular weight is 313 g/mol. The average Bonchev–Trinajstić information content (AvgIpc) is 2.46. The Labute approximate surface area is 127 Å². The van der Waals surface area contributed by atoms with Gasteiger partial charge in [0.2, 0.25) is 5.91 Å². The molecule has 1 aliphatic heterocycles. The van der Waals surface area contributed by atoms with Crippen LogP contribution in [0.25, 0.3) is 0 Å². The zero-order valence-corrected chi connectivity index (χ0v) is 12.3. The van der Waals surface area contributed by atoms with Crippen molar-refractivity contribution in [1.82, 2.24) is 4.90 Å². The molecule has 2 rings (SSSR count). The van der Waals surface area contributed by atoms with Gasteiger partial charge in [-0.3, -0.25) is 9.59 Å². The van der Waals surface area contributed by atoms with Gasteiger partial charge in [-0.2, -0.15) is 13.2 Å². The highest BCUT2D eigenvalue weighted by Crippen LogP contribution is 2.38. The van der Waals surface area contributed by atoms with Crippen LogP contribution in [0.15, 0.2) is 24.3 Å². The Morgan fingerprint density at radius 3 is 2.32 bits per heavy atom. The standard InChI is InChI=1S/C16H18F3NO2/c1-11(21)10-15(22)20-8-6-12(7-9-20)13-4-2-3-5-14(13)16(17,18)19/h2-5,12H,6-10H2,1H3. The fourth-order valence-corrected chi connectivity index (χ4v) is 2.88. The van der Waals surface area contributed by atoms with E-state index in [1.807, 2.05) is 0 Å². The summed E-state index contributed by atoms with van der Waals surface area (Å²) in [7, 11) is 0. The second kappa shape index (κ2) is 6.50. The van der Waals surface area contributed by atoms with E-state index in [1.54, 1.807) is 11.0 Å². The van der Waals surface area contributed by atoms with Crippen molar-refractivity contribution < 1.29 is 22.8 Å². The summed E-state index contributed by atoms with van der Waals surface area (Å²) in [4.78, 5) is 24.3. The molecule has 0 unspecified atom stereocenters. The zero-order chi connectivity index (χ0) is 16.3. The number of carbonyl (C=O) groups is 2. The Morgan fingerprint density at radius 1 is 1.18 bits per heavy atom. The number of alkyl halides is 3. The number of Topliss-reactive ketones (excluding diaryl/α,β-unsaturated/α-hetero) is 1. The molecular weight excluding hydrogens is 295 g/mol. The normalized spacial score (nSPS) is 16.6. The van der Waals surface area contributed by atoms with Crippen molar-refractivity contribution in [2.75, 3.05) is 13.1 Å². The Morgan fingerprint density at radius 2 is 1.77 bits per heavy atom. The van der Waals surface area contributed by atoms with Gasteiger partial charge in [0.15, 0.2) is 0 Å². The predicted molar refractivity (Wildman–Crippen MR) is 75.3 cm³/mol. The van der Waals surface area contributed by atoms with E-state index >= 15 is 0 Å². The summed E-state index contributed by atoms with van der Waals surface area (Å²) in [6, 6.07) is 5.61. The lowest BCUT2D eigenvalue weighted by atomic mass is 9.86. The van der Waals surface area contributed by atoms with E-state index in [2.05, 4.69) is 0 Å². The van der Waals surface area contributed by atoms with Gasteiger partial charge in [0, 0.05) is 13.1 Å². The number of amides is 1. The van der Waals surface area contributed by atoms with Crippen LogP contribution in [-0.4, -0.2) is 29.7 Å². The van der Waals surface area contributed by atoms with E-state index in [1.165, 1.54) is 19.1 Å². The molecule has 0 aromatic heterocycles. The highest BCUT2D eigenvalue weighted by atomic mass is 19.4. The van der Waals surface area contributed by atoms with Crippen molar-refractivity contribution in [2.24, 2.45) is 0 Å². The van der Waals surface area contributed by atoms with E-state index in [4.69, 9.17) is 0 Å². The highest BCUT2D eigenvalue weighted by Gasteiger charge is 2.36. The molecule has 1 aliphatic rings. The fourth-order valence-electron chi connectivity index (χ4n) is 2.88. The number of piperidine rings is 1. The quantitative estimate of drug-likeness (QED) is 0.802. The van der Waals surface area contributed by atoms with E-state index < -0.39 is 11.7 Å². The van der Waals surface area contributed by atoms with Gasteiger partial charge >= 0.3 is 6.18 Å². The fraction of sp³-hybridized carbons (Fsp3) is 0.500. The maximum Gasteiger partial charge on any atom is 0.416 e. The minimum Gasteiger partial charge on any atom is -0.342 e. The van der Waals surface area contributed by atoms with Gasteiger partial charge in [-0.05, 0) is 37.3 Å². The molecule has 0 N–H and O–H groups in total. The minimum absolute atomic E-state index is 0.135. The van der Waals surface area contributed by atoms with Crippen LogP contribution < -0.4 is 0 Å². The molecule has 1 heterocycles. The van der Waals surface area contributed by atoms with Crippen molar-refractivity contribution in [2.45, 2.75) is 38.3 Å². The van der Waals surface area contributed by atoms with Crippen molar-refractivity contribution in [1.29, 1.82) is 0 Å². The molecule has 3 nitrogen and oxygen atoms in total. The van der Waals surface area contributed by atoms with Crippen molar-refractivity contribution in [3.63, 3.8) is 0 Å². The molecule has 1 aromatic carbocycles. The Kier molecular flexibility index (Phi) is 4.88. The number of nitrogens with zero attached hydrogens (tertiary/aromatic N) is 1. The summed E-state index contributed by atoms with van der Waals surface area (Å²) in [6.07, 6.45) is -3.53. The number of benzene rings is 1. The van der Waals surface area contributed by atoms with Crippen LogP contribution in [0.3, 0.4) is 0 Å². The molecule has 1 saturated heterocycles. The SMILES string of the molecule is CC(=O)CC(=O)N1CCC(c2ccccc2C(F)(F)F)CC1. The van der Waals surface area contributed by atoms with E-state index in [0.29, 0.717) is 31.5 Å². The third kappa shape index (κ3) is 3.87. The second-order valence-electron chi connectivity index (χ2n) is 5.62. The topological polar surface area (TPSA) is 37.4 Å². The lowest BCUT2D eigenvalue weighted by Crippen LogP contribution is -2.38. The van der Waals surface area contributed by atoms with Crippen molar-refractivity contribution >= 4 is 11.7 Å². The van der Waals surface area contributed by atoms with Gasteiger partial charge in [0.25, 0.3) is 0 Å². The first kappa shape index (κ1) is 16.5. The molecule has 120 valence electrons. The van der Waals surface area contributed by atoms with Crippen LogP contribution in [0.5, 0.6) is 0 Å². The van der Waals surface area contributed by atoms with Crippen LogP contribution in [-0.2, 0) is 15.8 Å². The summed E-state index contributed by atoms with van der Waals surface area (Å²) < 4.78 is 39.1. The third-order valence-electron chi connectivity index (χ3n) is 3.95. The first-order valence-corrected chi connectivity index (χ1v) is 7.22. The molecule has 6 heteroatoms. The number of rotatable bonds is 3. The van der Waals surface area contributed by atoms with Gasteiger partial charge in [0.05, 0.1) is 12.0 Å². The maximum atomic E-state index is 13.0. The lowest BCUT2D eigenvalue weighted by molar-refractivity contribution is -0.139.